The Morgan fingerprint density at radius 1 is 1.64 bits per heavy atom. The average molecular weight is 155 g/mol. The summed E-state index contributed by atoms with van der Waals surface area (Å²) < 4.78 is 1.41. The van der Waals surface area contributed by atoms with Crippen LogP contribution in [0.3, 0.4) is 0 Å². The Morgan fingerprint density at radius 3 is 2.55 bits per heavy atom. The fourth-order valence-electron chi connectivity index (χ4n) is 0.846. The summed E-state index contributed by atoms with van der Waals surface area (Å²) in [5.74, 6) is 0.621. The van der Waals surface area contributed by atoms with Crippen LogP contribution in [0.2, 0.25) is 0 Å². The Hall–Kier alpha value is -1.01. The molecule has 1 aromatic heterocycles. The molecular formula is C5H10BN3O2. The number of nitrogens with one attached hydrogen (secondary N) is 1. The highest BCUT2D eigenvalue weighted by Gasteiger charge is 2.16. The molecule has 0 unspecified atom stereocenters. The Balaban J connectivity index is 2.97. The van der Waals surface area contributed by atoms with Crippen LogP contribution in [0.15, 0.2) is 6.07 Å². The van der Waals surface area contributed by atoms with Crippen LogP contribution in [0.1, 0.15) is 0 Å². The zero-order chi connectivity index (χ0) is 8.43. The molecule has 5 nitrogen and oxygen atoms in total. The van der Waals surface area contributed by atoms with E-state index in [2.05, 4.69) is 10.4 Å². The van der Waals surface area contributed by atoms with Crippen molar-refractivity contribution < 1.29 is 10.0 Å². The van der Waals surface area contributed by atoms with Crippen LogP contribution in [0.4, 0.5) is 5.82 Å². The zero-order valence-electron chi connectivity index (χ0n) is 6.44. The second kappa shape index (κ2) is 2.94. The molecule has 6 heteroatoms. The van der Waals surface area contributed by atoms with Gasteiger partial charge in [-0.25, -0.2) is 0 Å². The minimum atomic E-state index is -1.46. The van der Waals surface area contributed by atoms with Gasteiger partial charge in [0.25, 0.3) is 0 Å². The van der Waals surface area contributed by atoms with Crippen LogP contribution in [-0.4, -0.2) is 34.0 Å². The number of aromatic nitrogens is 2. The maximum atomic E-state index is 8.78. The molecule has 1 heterocycles. The standard InChI is InChI=1S/C5H10BN3O2/c1-7-5-3-4(6(10)11)9(2)8-5/h3,10-11H,1-2H3,(H,7,8). The summed E-state index contributed by atoms with van der Waals surface area (Å²) in [5.41, 5.74) is 0.370. The van der Waals surface area contributed by atoms with E-state index >= 15 is 0 Å². The summed E-state index contributed by atoms with van der Waals surface area (Å²) in [6, 6.07) is 1.57. The molecular weight excluding hydrogens is 145 g/mol. The average Bonchev–Trinajstić information content (AvgIpc) is 2.30. The maximum Gasteiger partial charge on any atom is 0.507 e. The monoisotopic (exact) mass is 155 g/mol. The lowest BCUT2D eigenvalue weighted by Gasteiger charge is -1.96. The summed E-state index contributed by atoms with van der Waals surface area (Å²) in [6.45, 7) is 0. The molecule has 0 aromatic carbocycles. The van der Waals surface area contributed by atoms with Gasteiger partial charge in [-0.15, -0.1) is 0 Å². The second-order valence-corrected chi connectivity index (χ2v) is 2.20. The molecule has 1 rings (SSSR count). The van der Waals surface area contributed by atoms with Crippen molar-refractivity contribution in [3.63, 3.8) is 0 Å². The molecule has 60 valence electrons. The second-order valence-electron chi connectivity index (χ2n) is 2.20. The molecule has 0 fully saturated rings. The number of hydrogen-bond acceptors (Lipinski definition) is 4. The van der Waals surface area contributed by atoms with Gasteiger partial charge in [0.05, 0.1) is 5.59 Å². The lowest BCUT2D eigenvalue weighted by atomic mass is 9.86. The molecule has 0 saturated carbocycles. The summed E-state index contributed by atoms with van der Waals surface area (Å²) >= 11 is 0. The highest BCUT2D eigenvalue weighted by atomic mass is 16.4. The largest absolute Gasteiger partial charge is 0.507 e. The maximum absolute atomic E-state index is 8.78. The van der Waals surface area contributed by atoms with Crippen molar-refractivity contribution in [1.82, 2.24) is 9.78 Å². The third-order valence-corrected chi connectivity index (χ3v) is 1.44. The summed E-state index contributed by atoms with van der Waals surface area (Å²) in [6.07, 6.45) is 0. The minimum absolute atomic E-state index is 0.370. The quantitative estimate of drug-likeness (QED) is 0.438. The lowest BCUT2D eigenvalue weighted by molar-refractivity contribution is 0.421. The van der Waals surface area contributed by atoms with E-state index in [-0.39, 0.29) is 0 Å². The first-order chi connectivity index (χ1) is 5.15. The predicted molar refractivity (Wildman–Crippen MR) is 42.6 cm³/mol. The molecule has 0 aliphatic carbocycles. The van der Waals surface area contributed by atoms with E-state index in [1.165, 1.54) is 4.68 Å². The van der Waals surface area contributed by atoms with Crippen molar-refractivity contribution in [1.29, 1.82) is 0 Å². The van der Waals surface area contributed by atoms with E-state index in [9.17, 15) is 0 Å². The van der Waals surface area contributed by atoms with Gasteiger partial charge in [-0.3, -0.25) is 4.68 Å². The molecule has 1 aromatic rings. The Bertz CT molecular complexity index is 248. The van der Waals surface area contributed by atoms with Crippen molar-refractivity contribution in [2.24, 2.45) is 7.05 Å². The Morgan fingerprint density at radius 2 is 2.27 bits per heavy atom. The number of aryl methyl sites for hydroxylation is 1. The first-order valence-corrected chi connectivity index (χ1v) is 3.23. The molecule has 0 spiro atoms. The summed E-state index contributed by atoms with van der Waals surface area (Å²) in [5, 5.41) is 24.3. The minimum Gasteiger partial charge on any atom is -0.422 e. The van der Waals surface area contributed by atoms with Crippen molar-refractivity contribution >= 4 is 18.5 Å². The summed E-state index contributed by atoms with van der Waals surface area (Å²) in [7, 11) is 1.90. The Kier molecular flexibility index (Phi) is 2.16. The van der Waals surface area contributed by atoms with Gasteiger partial charge in [0, 0.05) is 14.1 Å². The van der Waals surface area contributed by atoms with E-state index in [0.29, 0.717) is 11.4 Å². The first kappa shape index (κ1) is 8.09. The van der Waals surface area contributed by atoms with Crippen LogP contribution in [0.5, 0.6) is 0 Å². The molecule has 11 heavy (non-hydrogen) atoms. The predicted octanol–water partition coefficient (Wildman–Crippen LogP) is -1.86. The van der Waals surface area contributed by atoms with E-state index in [4.69, 9.17) is 10.0 Å². The zero-order valence-corrected chi connectivity index (χ0v) is 6.44. The molecule has 0 radical (unpaired) electrons. The molecule has 0 bridgehead atoms. The summed E-state index contributed by atoms with van der Waals surface area (Å²) in [4.78, 5) is 0. The molecule has 0 amide bonds. The topological polar surface area (TPSA) is 70.3 Å². The molecule has 0 aliphatic rings. The van der Waals surface area contributed by atoms with E-state index in [1.807, 2.05) is 0 Å². The molecule has 0 saturated heterocycles. The van der Waals surface area contributed by atoms with Gasteiger partial charge in [0.1, 0.15) is 5.82 Å². The van der Waals surface area contributed by atoms with Gasteiger partial charge in [-0.2, -0.15) is 5.10 Å². The van der Waals surface area contributed by atoms with Gasteiger partial charge in [0.2, 0.25) is 0 Å². The lowest BCUT2D eigenvalue weighted by Crippen LogP contribution is -2.35. The van der Waals surface area contributed by atoms with Gasteiger partial charge in [0.15, 0.2) is 0 Å². The van der Waals surface area contributed by atoms with Crippen LogP contribution in [0, 0.1) is 0 Å². The van der Waals surface area contributed by atoms with Crippen molar-refractivity contribution in [2.75, 3.05) is 12.4 Å². The SMILES string of the molecule is CNc1cc(B(O)O)n(C)n1. The van der Waals surface area contributed by atoms with E-state index < -0.39 is 7.12 Å². The van der Waals surface area contributed by atoms with E-state index in [1.54, 1.807) is 20.2 Å². The molecule has 3 N–H and O–H groups in total. The molecule has 0 atom stereocenters. The van der Waals surface area contributed by atoms with Crippen LogP contribution < -0.4 is 10.9 Å². The van der Waals surface area contributed by atoms with Crippen LogP contribution in [-0.2, 0) is 7.05 Å². The highest BCUT2D eigenvalue weighted by Crippen LogP contribution is 1.96. The van der Waals surface area contributed by atoms with Crippen molar-refractivity contribution in [2.45, 2.75) is 0 Å². The number of nitrogens with zero attached hydrogens (tertiary/aromatic N) is 2. The van der Waals surface area contributed by atoms with Gasteiger partial charge < -0.3 is 15.4 Å². The normalized spacial score (nSPS) is 9.82. The Labute approximate surface area is 64.8 Å². The van der Waals surface area contributed by atoms with Crippen LogP contribution >= 0.6 is 0 Å². The fourth-order valence-corrected chi connectivity index (χ4v) is 0.846. The highest BCUT2D eigenvalue weighted by molar-refractivity contribution is 6.57. The fraction of sp³-hybridized carbons (Fsp3) is 0.400. The van der Waals surface area contributed by atoms with Gasteiger partial charge >= 0.3 is 7.12 Å². The number of anilines is 1. The first-order valence-electron chi connectivity index (χ1n) is 3.23. The van der Waals surface area contributed by atoms with Crippen LogP contribution in [0.25, 0.3) is 0 Å². The third kappa shape index (κ3) is 1.52. The van der Waals surface area contributed by atoms with Gasteiger partial charge in [-0.05, 0) is 6.07 Å². The number of hydrogen-bond donors (Lipinski definition) is 3. The smallest absolute Gasteiger partial charge is 0.422 e. The van der Waals surface area contributed by atoms with Gasteiger partial charge in [-0.1, -0.05) is 0 Å². The van der Waals surface area contributed by atoms with Crippen molar-refractivity contribution in [3.05, 3.63) is 6.07 Å². The molecule has 0 aliphatic heterocycles. The number of rotatable bonds is 2. The van der Waals surface area contributed by atoms with Crippen molar-refractivity contribution in [3.8, 4) is 0 Å². The van der Waals surface area contributed by atoms with E-state index in [0.717, 1.165) is 0 Å². The third-order valence-electron chi connectivity index (χ3n) is 1.44.